The highest BCUT2D eigenvalue weighted by Gasteiger charge is 2.14. The van der Waals surface area contributed by atoms with Gasteiger partial charge in [-0.15, -0.1) is 0 Å². The number of hydrogen-bond donors (Lipinski definition) is 2. The Morgan fingerprint density at radius 3 is 2.59 bits per heavy atom. The number of amides is 1. The lowest BCUT2D eigenvalue weighted by molar-refractivity contribution is -0.385. The number of aromatic hydroxyl groups is 1. The molecule has 0 spiro atoms. The van der Waals surface area contributed by atoms with Crippen molar-refractivity contribution in [2.45, 2.75) is 6.92 Å². The van der Waals surface area contributed by atoms with E-state index < -0.39 is 10.8 Å². The second-order valence-electron chi connectivity index (χ2n) is 4.55. The molecule has 0 heterocycles. The summed E-state index contributed by atoms with van der Waals surface area (Å²) in [5.74, 6) is -0.411. The number of rotatable bonds is 4. The quantitative estimate of drug-likeness (QED) is 0.513. The number of hydrazone groups is 1. The first-order valence-electron chi connectivity index (χ1n) is 6.35. The third-order valence-corrected chi connectivity index (χ3v) is 2.94. The lowest BCUT2D eigenvalue weighted by Gasteiger charge is -2.02. The van der Waals surface area contributed by atoms with E-state index in [1.54, 1.807) is 19.1 Å². The van der Waals surface area contributed by atoms with Crippen molar-refractivity contribution < 1.29 is 14.8 Å². The van der Waals surface area contributed by atoms with Crippen LogP contribution in [-0.2, 0) is 0 Å². The Bertz CT molecular complexity index is 739. The van der Waals surface area contributed by atoms with Crippen LogP contribution >= 0.6 is 0 Å². The molecule has 22 heavy (non-hydrogen) atoms. The maximum absolute atomic E-state index is 11.9. The summed E-state index contributed by atoms with van der Waals surface area (Å²) in [6, 6.07) is 10.5. The van der Waals surface area contributed by atoms with Crippen molar-refractivity contribution in [3.05, 3.63) is 69.3 Å². The van der Waals surface area contributed by atoms with Crippen LogP contribution < -0.4 is 5.43 Å². The van der Waals surface area contributed by atoms with Gasteiger partial charge in [-0.3, -0.25) is 14.9 Å². The molecule has 112 valence electrons. The molecule has 2 rings (SSSR count). The normalized spacial score (nSPS) is 10.6. The average Bonchev–Trinajstić information content (AvgIpc) is 2.49. The fourth-order valence-corrected chi connectivity index (χ4v) is 1.74. The van der Waals surface area contributed by atoms with E-state index in [4.69, 9.17) is 5.11 Å². The van der Waals surface area contributed by atoms with E-state index in [2.05, 4.69) is 10.5 Å². The first kappa shape index (κ1) is 15.2. The number of nitrogens with one attached hydrogen (secondary N) is 1. The molecule has 2 N–H and O–H groups in total. The van der Waals surface area contributed by atoms with Crippen molar-refractivity contribution in [1.82, 2.24) is 5.43 Å². The van der Waals surface area contributed by atoms with Crippen molar-refractivity contribution in [3.8, 4) is 5.75 Å². The largest absolute Gasteiger partial charge is 0.508 e. The number of nitro groups is 1. The van der Waals surface area contributed by atoms with Crippen LogP contribution in [0.2, 0.25) is 0 Å². The van der Waals surface area contributed by atoms with Gasteiger partial charge in [-0.05, 0) is 42.8 Å². The summed E-state index contributed by atoms with van der Waals surface area (Å²) in [4.78, 5) is 22.2. The molecule has 0 radical (unpaired) electrons. The van der Waals surface area contributed by atoms with E-state index >= 15 is 0 Å². The van der Waals surface area contributed by atoms with E-state index in [0.29, 0.717) is 11.1 Å². The molecule has 0 atom stereocenters. The summed E-state index contributed by atoms with van der Waals surface area (Å²) in [7, 11) is 0. The second kappa shape index (κ2) is 6.49. The number of carbonyl (C=O) groups is 1. The molecule has 0 aliphatic carbocycles. The minimum Gasteiger partial charge on any atom is -0.508 e. The van der Waals surface area contributed by atoms with Crippen LogP contribution in [0, 0.1) is 17.0 Å². The van der Waals surface area contributed by atoms with Crippen LogP contribution in [0.15, 0.2) is 47.6 Å². The minimum atomic E-state index is -0.543. The predicted molar refractivity (Wildman–Crippen MR) is 81.0 cm³/mol. The lowest BCUT2D eigenvalue weighted by atomic mass is 10.1. The molecular formula is C15H13N3O4. The van der Waals surface area contributed by atoms with Crippen molar-refractivity contribution in [3.63, 3.8) is 0 Å². The standard InChI is InChI=1S/C15H13N3O4/c1-10-2-5-12(8-14(10)18(21)22)15(20)17-16-9-11-3-6-13(19)7-4-11/h2-9,19H,1H3,(H,17,20)/b16-9+. The highest BCUT2D eigenvalue weighted by Crippen LogP contribution is 2.19. The summed E-state index contributed by atoms with van der Waals surface area (Å²) in [5, 5.41) is 23.8. The Balaban J connectivity index is 2.08. The number of phenols is 1. The summed E-state index contributed by atoms with van der Waals surface area (Å²) >= 11 is 0. The topological polar surface area (TPSA) is 105 Å². The van der Waals surface area contributed by atoms with Gasteiger partial charge in [0.05, 0.1) is 11.1 Å². The number of carbonyl (C=O) groups excluding carboxylic acids is 1. The van der Waals surface area contributed by atoms with Gasteiger partial charge in [0.15, 0.2) is 0 Å². The third kappa shape index (κ3) is 3.66. The Kier molecular flexibility index (Phi) is 4.47. The molecule has 2 aromatic carbocycles. The Morgan fingerprint density at radius 2 is 1.95 bits per heavy atom. The van der Waals surface area contributed by atoms with Gasteiger partial charge in [-0.25, -0.2) is 5.43 Å². The molecule has 1 amide bonds. The van der Waals surface area contributed by atoms with Gasteiger partial charge in [0, 0.05) is 17.2 Å². The molecule has 0 saturated carbocycles. The lowest BCUT2D eigenvalue weighted by Crippen LogP contribution is -2.17. The summed E-state index contributed by atoms with van der Waals surface area (Å²) in [5.41, 5.74) is 3.50. The molecule has 7 nitrogen and oxygen atoms in total. The van der Waals surface area contributed by atoms with Crippen molar-refractivity contribution in [2.24, 2.45) is 5.10 Å². The molecular weight excluding hydrogens is 286 g/mol. The van der Waals surface area contributed by atoms with Crippen LogP contribution in [0.25, 0.3) is 0 Å². The van der Waals surface area contributed by atoms with Crippen molar-refractivity contribution in [1.29, 1.82) is 0 Å². The number of phenolic OH excluding ortho intramolecular Hbond substituents is 1. The Morgan fingerprint density at radius 1 is 1.27 bits per heavy atom. The van der Waals surface area contributed by atoms with E-state index in [1.807, 2.05) is 0 Å². The number of nitro benzene ring substituents is 1. The molecule has 0 aliphatic heterocycles. The van der Waals surface area contributed by atoms with Gasteiger partial charge in [-0.2, -0.15) is 5.10 Å². The monoisotopic (exact) mass is 299 g/mol. The molecule has 0 unspecified atom stereocenters. The van der Waals surface area contributed by atoms with Gasteiger partial charge in [0.1, 0.15) is 5.75 Å². The van der Waals surface area contributed by atoms with Crippen LogP contribution in [0.1, 0.15) is 21.5 Å². The van der Waals surface area contributed by atoms with Gasteiger partial charge in [0.25, 0.3) is 11.6 Å². The Hall–Kier alpha value is -3.22. The summed E-state index contributed by atoms with van der Waals surface area (Å²) in [6.45, 7) is 1.60. The SMILES string of the molecule is Cc1ccc(C(=O)N/N=C/c2ccc(O)cc2)cc1[N+](=O)[O-]. The van der Waals surface area contributed by atoms with E-state index in [-0.39, 0.29) is 17.0 Å². The maximum Gasteiger partial charge on any atom is 0.273 e. The van der Waals surface area contributed by atoms with Gasteiger partial charge < -0.3 is 5.11 Å². The first-order valence-corrected chi connectivity index (χ1v) is 6.35. The molecule has 2 aromatic rings. The molecule has 0 fully saturated rings. The smallest absolute Gasteiger partial charge is 0.273 e. The molecule has 0 aromatic heterocycles. The number of nitrogens with zero attached hydrogens (tertiary/aromatic N) is 2. The van der Waals surface area contributed by atoms with Gasteiger partial charge >= 0.3 is 0 Å². The zero-order valence-electron chi connectivity index (χ0n) is 11.7. The zero-order valence-corrected chi connectivity index (χ0v) is 11.7. The minimum absolute atomic E-state index is 0.116. The summed E-state index contributed by atoms with van der Waals surface area (Å²) in [6.07, 6.45) is 1.40. The van der Waals surface area contributed by atoms with E-state index in [9.17, 15) is 14.9 Å². The van der Waals surface area contributed by atoms with E-state index in [1.165, 1.54) is 36.5 Å². The molecule has 0 aliphatic rings. The molecule has 0 saturated heterocycles. The van der Waals surface area contributed by atoms with Crippen molar-refractivity contribution >= 4 is 17.8 Å². The fourth-order valence-electron chi connectivity index (χ4n) is 1.74. The second-order valence-corrected chi connectivity index (χ2v) is 4.55. The average molecular weight is 299 g/mol. The predicted octanol–water partition coefficient (Wildman–Crippen LogP) is 2.37. The Labute approximate surface area is 126 Å². The van der Waals surface area contributed by atoms with Crippen LogP contribution in [-0.4, -0.2) is 22.2 Å². The third-order valence-electron chi connectivity index (χ3n) is 2.94. The highest BCUT2D eigenvalue weighted by atomic mass is 16.6. The van der Waals surface area contributed by atoms with Crippen LogP contribution in [0.3, 0.4) is 0 Å². The molecule has 0 bridgehead atoms. The van der Waals surface area contributed by atoms with Gasteiger partial charge in [-0.1, -0.05) is 6.07 Å². The van der Waals surface area contributed by atoms with E-state index in [0.717, 1.165) is 0 Å². The van der Waals surface area contributed by atoms with Crippen molar-refractivity contribution in [2.75, 3.05) is 0 Å². The zero-order chi connectivity index (χ0) is 16.1. The van der Waals surface area contributed by atoms with Crippen LogP contribution in [0.5, 0.6) is 5.75 Å². The van der Waals surface area contributed by atoms with Gasteiger partial charge in [0.2, 0.25) is 0 Å². The number of aryl methyl sites for hydroxylation is 1. The fraction of sp³-hybridized carbons (Fsp3) is 0.0667. The molecule has 7 heteroatoms. The first-order chi connectivity index (χ1) is 10.5. The number of benzene rings is 2. The van der Waals surface area contributed by atoms with Crippen LogP contribution in [0.4, 0.5) is 5.69 Å². The highest BCUT2D eigenvalue weighted by molar-refractivity contribution is 5.95. The summed E-state index contributed by atoms with van der Waals surface area (Å²) < 4.78 is 0. The maximum atomic E-state index is 11.9. The number of hydrogen-bond acceptors (Lipinski definition) is 5.